The Morgan fingerprint density at radius 3 is 2.39 bits per heavy atom. The average Bonchev–Trinajstić information content (AvgIpc) is 2.60. The summed E-state index contributed by atoms with van der Waals surface area (Å²) in [6.07, 6.45) is 4.24. The van der Waals surface area contributed by atoms with Crippen molar-refractivity contribution in [1.82, 2.24) is 5.32 Å². The summed E-state index contributed by atoms with van der Waals surface area (Å²) in [7, 11) is 4.87. The van der Waals surface area contributed by atoms with Crippen LogP contribution in [0.2, 0.25) is 0 Å². The van der Waals surface area contributed by atoms with E-state index in [2.05, 4.69) is 12.2 Å². The van der Waals surface area contributed by atoms with Gasteiger partial charge in [0, 0.05) is 19.2 Å². The van der Waals surface area contributed by atoms with Crippen molar-refractivity contribution >= 4 is 5.91 Å². The molecule has 0 unspecified atom stereocenters. The number of rotatable bonds is 6. The molecule has 23 heavy (non-hydrogen) atoms. The maximum atomic E-state index is 12.4. The van der Waals surface area contributed by atoms with Crippen molar-refractivity contribution in [2.45, 2.75) is 38.2 Å². The Hall–Kier alpha value is -1.75. The van der Waals surface area contributed by atoms with Crippen molar-refractivity contribution in [2.75, 3.05) is 27.9 Å². The van der Waals surface area contributed by atoms with Crippen LogP contribution in [-0.2, 0) is 4.74 Å². The minimum atomic E-state index is -0.237. The maximum absolute atomic E-state index is 12.4. The van der Waals surface area contributed by atoms with E-state index in [-0.39, 0.29) is 11.5 Å². The average molecular weight is 321 g/mol. The third-order valence-corrected chi connectivity index (χ3v) is 4.84. The minimum absolute atomic E-state index is 0.124. The lowest BCUT2D eigenvalue weighted by molar-refractivity contribution is -0.0446. The van der Waals surface area contributed by atoms with Gasteiger partial charge in [-0.2, -0.15) is 0 Å². The fourth-order valence-corrected chi connectivity index (χ4v) is 3.06. The summed E-state index contributed by atoms with van der Waals surface area (Å²) in [5.74, 6) is 1.77. The number of ether oxygens (including phenoxy) is 3. The number of methoxy groups -OCH3 is 3. The maximum Gasteiger partial charge on any atom is 0.251 e. The summed E-state index contributed by atoms with van der Waals surface area (Å²) in [4.78, 5) is 12.4. The highest BCUT2D eigenvalue weighted by molar-refractivity contribution is 5.94. The Morgan fingerprint density at radius 1 is 1.17 bits per heavy atom. The molecule has 5 nitrogen and oxygen atoms in total. The number of hydrogen-bond acceptors (Lipinski definition) is 4. The van der Waals surface area contributed by atoms with E-state index in [9.17, 15) is 4.79 Å². The Morgan fingerprint density at radius 2 is 1.83 bits per heavy atom. The highest BCUT2D eigenvalue weighted by atomic mass is 16.5. The van der Waals surface area contributed by atoms with E-state index in [1.165, 1.54) is 0 Å². The summed E-state index contributed by atoms with van der Waals surface area (Å²) in [6, 6.07) is 5.16. The van der Waals surface area contributed by atoms with E-state index in [0.717, 1.165) is 31.6 Å². The molecule has 1 amide bonds. The number of nitrogens with one attached hydrogen (secondary N) is 1. The molecule has 1 aromatic rings. The molecule has 0 spiro atoms. The van der Waals surface area contributed by atoms with Crippen LogP contribution >= 0.6 is 0 Å². The first-order valence-electron chi connectivity index (χ1n) is 8.09. The van der Waals surface area contributed by atoms with Gasteiger partial charge in [-0.05, 0) is 49.8 Å². The van der Waals surface area contributed by atoms with Crippen LogP contribution in [0.4, 0.5) is 0 Å². The van der Waals surface area contributed by atoms with Crippen LogP contribution in [0, 0.1) is 5.92 Å². The molecule has 0 aromatic heterocycles. The molecule has 1 aromatic carbocycles. The van der Waals surface area contributed by atoms with Gasteiger partial charge in [0.15, 0.2) is 11.5 Å². The summed E-state index contributed by atoms with van der Waals surface area (Å²) in [6.45, 7) is 2.80. The molecule has 1 N–H and O–H groups in total. The number of carbonyl (C=O) groups is 1. The van der Waals surface area contributed by atoms with Crippen molar-refractivity contribution in [1.29, 1.82) is 0 Å². The van der Waals surface area contributed by atoms with E-state index in [0.29, 0.717) is 23.6 Å². The molecular formula is C18H27NO4. The second-order valence-electron chi connectivity index (χ2n) is 6.32. The van der Waals surface area contributed by atoms with Gasteiger partial charge in [0.25, 0.3) is 5.91 Å². The Labute approximate surface area is 138 Å². The van der Waals surface area contributed by atoms with Crippen LogP contribution in [0.1, 0.15) is 43.0 Å². The molecule has 1 fully saturated rings. The molecule has 0 aliphatic heterocycles. The fourth-order valence-electron chi connectivity index (χ4n) is 3.06. The van der Waals surface area contributed by atoms with Gasteiger partial charge in [0.2, 0.25) is 0 Å². The fraction of sp³-hybridized carbons (Fsp3) is 0.611. The van der Waals surface area contributed by atoms with Crippen LogP contribution in [0.25, 0.3) is 0 Å². The van der Waals surface area contributed by atoms with E-state index in [4.69, 9.17) is 14.2 Å². The predicted molar refractivity (Wildman–Crippen MR) is 89.3 cm³/mol. The highest BCUT2D eigenvalue weighted by Gasteiger charge is 2.34. The molecule has 0 radical (unpaired) electrons. The molecule has 128 valence electrons. The summed E-state index contributed by atoms with van der Waals surface area (Å²) in [5, 5.41) is 3.00. The van der Waals surface area contributed by atoms with E-state index in [1.54, 1.807) is 39.5 Å². The van der Waals surface area contributed by atoms with Crippen LogP contribution < -0.4 is 14.8 Å². The quantitative estimate of drug-likeness (QED) is 0.875. The molecule has 0 saturated heterocycles. The van der Waals surface area contributed by atoms with Gasteiger partial charge in [-0.15, -0.1) is 0 Å². The summed E-state index contributed by atoms with van der Waals surface area (Å²) in [5.41, 5.74) is 0.316. The van der Waals surface area contributed by atoms with Gasteiger partial charge in [0.1, 0.15) is 0 Å². The summed E-state index contributed by atoms with van der Waals surface area (Å²) >= 11 is 0. The first-order chi connectivity index (χ1) is 11.0. The lowest BCUT2D eigenvalue weighted by Crippen LogP contribution is -2.46. The number of benzene rings is 1. The molecule has 0 heterocycles. The van der Waals surface area contributed by atoms with Crippen LogP contribution in [-0.4, -0.2) is 39.4 Å². The Kier molecular flexibility index (Phi) is 5.88. The van der Waals surface area contributed by atoms with Gasteiger partial charge in [-0.3, -0.25) is 4.79 Å². The smallest absolute Gasteiger partial charge is 0.251 e. The zero-order valence-electron chi connectivity index (χ0n) is 14.5. The topological polar surface area (TPSA) is 56.8 Å². The van der Waals surface area contributed by atoms with Gasteiger partial charge in [-0.25, -0.2) is 0 Å². The van der Waals surface area contributed by atoms with Crippen molar-refractivity contribution in [3.05, 3.63) is 23.8 Å². The second kappa shape index (κ2) is 7.68. The predicted octanol–water partition coefficient (Wildman–Crippen LogP) is 3.03. The SMILES string of the molecule is COc1ccc(C(=O)NCC2(OC)CCC(C)CC2)cc1OC. The van der Waals surface area contributed by atoms with E-state index < -0.39 is 0 Å². The van der Waals surface area contributed by atoms with Crippen LogP contribution in [0.5, 0.6) is 11.5 Å². The standard InChI is InChI=1S/C18H27NO4/c1-13-7-9-18(23-4,10-8-13)12-19-17(20)14-5-6-15(21-2)16(11-14)22-3/h5-6,11,13H,7-10,12H2,1-4H3,(H,19,20). The molecule has 2 rings (SSSR count). The minimum Gasteiger partial charge on any atom is -0.493 e. The van der Waals surface area contributed by atoms with Gasteiger partial charge in [-0.1, -0.05) is 6.92 Å². The van der Waals surface area contributed by atoms with E-state index >= 15 is 0 Å². The number of amides is 1. The molecule has 1 aliphatic rings. The van der Waals surface area contributed by atoms with Crippen molar-refractivity contribution in [3.63, 3.8) is 0 Å². The summed E-state index contributed by atoms with van der Waals surface area (Å²) < 4.78 is 16.2. The number of hydrogen-bond donors (Lipinski definition) is 1. The monoisotopic (exact) mass is 321 g/mol. The Bertz CT molecular complexity index is 536. The Balaban J connectivity index is 2.01. The third kappa shape index (κ3) is 4.16. The largest absolute Gasteiger partial charge is 0.493 e. The highest BCUT2D eigenvalue weighted by Crippen LogP contribution is 2.34. The molecule has 0 bridgehead atoms. The molecule has 1 saturated carbocycles. The van der Waals surface area contributed by atoms with Gasteiger partial charge < -0.3 is 19.5 Å². The van der Waals surface area contributed by atoms with Gasteiger partial charge in [0.05, 0.1) is 19.8 Å². The lowest BCUT2D eigenvalue weighted by Gasteiger charge is -2.38. The lowest BCUT2D eigenvalue weighted by atomic mass is 9.79. The third-order valence-electron chi connectivity index (χ3n) is 4.84. The van der Waals surface area contributed by atoms with Crippen LogP contribution in [0.3, 0.4) is 0 Å². The first-order valence-corrected chi connectivity index (χ1v) is 8.09. The van der Waals surface area contributed by atoms with Crippen LogP contribution in [0.15, 0.2) is 18.2 Å². The molecule has 1 aliphatic carbocycles. The van der Waals surface area contributed by atoms with Gasteiger partial charge >= 0.3 is 0 Å². The normalized spacial score (nSPS) is 24.1. The second-order valence-corrected chi connectivity index (χ2v) is 6.32. The zero-order chi connectivity index (χ0) is 16.9. The van der Waals surface area contributed by atoms with E-state index in [1.807, 2.05) is 0 Å². The number of carbonyl (C=O) groups excluding carboxylic acids is 1. The zero-order valence-corrected chi connectivity index (χ0v) is 14.5. The molecule has 5 heteroatoms. The molecular weight excluding hydrogens is 294 g/mol. The van der Waals surface area contributed by atoms with Crippen molar-refractivity contribution < 1.29 is 19.0 Å². The van der Waals surface area contributed by atoms with Crippen molar-refractivity contribution in [2.24, 2.45) is 5.92 Å². The first kappa shape index (κ1) is 17.6. The van der Waals surface area contributed by atoms with Crippen molar-refractivity contribution in [3.8, 4) is 11.5 Å². The molecule has 0 atom stereocenters.